The first-order valence-electron chi connectivity index (χ1n) is 10.7. The summed E-state index contributed by atoms with van der Waals surface area (Å²) in [6.07, 6.45) is 2.55. The van der Waals surface area contributed by atoms with E-state index < -0.39 is 0 Å². The summed E-state index contributed by atoms with van der Waals surface area (Å²) in [5, 5.41) is 7.81. The summed E-state index contributed by atoms with van der Waals surface area (Å²) in [4.78, 5) is 14.6. The highest BCUT2D eigenvalue weighted by molar-refractivity contribution is 5.94. The van der Waals surface area contributed by atoms with E-state index in [9.17, 15) is 4.79 Å². The fraction of sp³-hybridized carbons (Fsp3) is 0.333. The summed E-state index contributed by atoms with van der Waals surface area (Å²) in [5.41, 5.74) is 2.96. The van der Waals surface area contributed by atoms with Gasteiger partial charge >= 0.3 is 0 Å². The van der Waals surface area contributed by atoms with Crippen molar-refractivity contribution in [2.45, 2.75) is 12.8 Å². The van der Waals surface area contributed by atoms with Crippen LogP contribution in [-0.2, 0) is 0 Å². The van der Waals surface area contributed by atoms with Gasteiger partial charge < -0.3 is 19.7 Å². The highest BCUT2D eigenvalue weighted by Gasteiger charge is 2.19. The third kappa shape index (κ3) is 4.88. The lowest BCUT2D eigenvalue weighted by molar-refractivity contribution is -0.886. The summed E-state index contributed by atoms with van der Waals surface area (Å²) in [6, 6.07) is 17.0. The summed E-state index contributed by atoms with van der Waals surface area (Å²) >= 11 is 0. The molecule has 1 fully saturated rings. The number of amides is 1. The maximum absolute atomic E-state index is 13.1. The van der Waals surface area contributed by atoms with E-state index in [-0.39, 0.29) is 5.91 Å². The summed E-state index contributed by atoms with van der Waals surface area (Å²) in [6.45, 7) is 4.00. The predicted molar refractivity (Wildman–Crippen MR) is 119 cm³/mol. The second-order valence-corrected chi connectivity index (χ2v) is 7.72. The van der Waals surface area contributed by atoms with Crippen LogP contribution in [0.15, 0.2) is 54.6 Å². The van der Waals surface area contributed by atoms with E-state index in [0.717, 1.165) is 35.0 Å². The molecule has 3 aromatic rings. The molecular weight excluding hydrogens is 392 g/mol. The Morgan fingerprint density at radius 3 is 2.23 bits per heavy atom. The van der Waals surface area contributed by atoms with Gasteiger partial charge in [-0.15, -0.1) is 0 Å². The first-order valence-corrected chi connectivity index (χ1v) is 10.7. The molecule has 4 rings (SSSR count). The zero-order valence-electron chi connectivity index (χ0n) is 18.1. The molecule has 0 bridgehead atoms. The van der Waals surface area contributed by atoms with Crippen LogP contribution in [-0.4, -0.2) is 56.1 Å². The quantitative estimate of drug-likeness (QED) is 0.584. The van der Waals surface area contributed by atoms with E-state index in [2.05, 4.69) is 5.32 Å². The predicted octanol–water partition coefficient (Wildman–Crippen LogP) is 1.96. The molecule has 1 aliphatic rings. The number of hydrogen-bond acceptors (Lipinski definition) is 4. The Kier molecular flexibility index (Phi) is 6.52. The van der Waals surface area contributed by atoms with Gasteiger partial charge in [0, 0.05) is 18.4 Å². The first-order chi connectivity index (χ1) is 15.2. The molecule has 7 heteroatoms. The molecule has 162 valence electrons. The van der Waals surface area contributed by atoms with E-state index in [1.54, 1.807) is 23.8 Å². The van der Waals surface area contributed by atoms with Crippen molar-refractivity contribution in [2.75, 3.05) is 40.4 Å². The van der Waals surface area contributed by atoms with Crippen LogP contribution in [0.25, 0.3) is 16.9 Å². The fourth-order valence-corrected chi connectivity index (χ4v) is 3.93. The standard InChI is InChI=1S/C24H28N4O3/c1-30-20-9-5-18(6-10-20)22-17-23(24(29)25-13-16-27-14-3-4-15-27)28(26-22)19-7-11-21(31-2)12-8-19/h5-12,17H,3-4,13-16H2,1-2H3,(H,25,29)/p+1. The van der Waals surface area contributed by atoms with E-state index in [1.807, 2.05) is 54.6 Å². The fourth-order valence-electron chi connectivity index (χ4n) is 3.93. The number of rotatable bonds is 8. The van der Waals surface area contributed by atoms with Crippen molar-refractivity contribution in [3.05, 3.63) is 60.3 Å². The second kappa shape index (κ2) is 9.66. The number of benzene rings is 2. The second-order valence-electron chi connectivity index (χ2n) is 7.72. The number of quaternary nitrogens is 1. The third-order valence-corrected chi connectivity index (χ3v) is 5.72. The third-order valence-electron chi connectivity index (χ3n) is 5.72. The molecule has 1 aliphatic heterocycles. The van der Waals surface area contributed by atoms with Gasteiger partial charge in [0.15, 0.2) is 0 Å². The molecular formula is C24H29N4O3+. The SMILES string of the molecule is COc1ccc(-c2cc(C(=O)NCC[NH+]3CCCC3)n(-c3ccc(OC)cc3)n2)cc1. The van der Waals surface area contributed by atoms with Crippen molar-refractivity contribution in [1.29, 1.82) is 0 Å². The zero-order valence-corrected chi connectivity index (χ0v) is 18.1. The largest absolute Gasteiger partial charge is 0.497 e. The lowest BCUT2D eigenvalue weighted by Crippen LogP contribution is -3.10. The van der Waals surface area contributed by atoms with Crippen molar-refractivity contribution in [3.8, 4) is 28.4 Å². The van der Waals surface area contributed by atoms with Gasteiger partial charge in [-0.25, -0.2) is 4.68 Å². The van der Waals surface area contributed by atoms with Gasteiger partial charge in [0.05, 0.1) is 51.8 Å². The van der Waals surface area contributed by atoms with Crippen molar-refractivity contribution >= 4 is 5.91 Å². The summed E-state index contributed by atoms with van der Waals surface area (Å²) in [5.74, 6) is 1.41. The van der Waals surface area contributed by atoms with E-state index >= 15 is 0 Å². The molecule has 2 heterocycles. The molecule has 1 saturated heterocycles. The van der Waals surface area contributed by atoms with E-state index in [0.29, 0.717) is 12.2 Å². The Bertz CT molecular complexity index is 1010. The number of carbonyl (C=O) groups excluding carboxylic acids is 1. The molecule has 0 spiro atoms. The molecule has 0 saturated carbocycles. The van der Waals surface area contributed by atoms with Crippen LogP contribution in [0.4, 0.5) is 0 Å². The Morgan fingerprint density at radius 2 is 1.61 bits per heavy atom. The van der Waals surface area contributed by atoms with Crippen molar-refractivity contribution in [1.82, 2.24) is 15.1 Å². The van der Waals surface area contributed by atoms with Gasteiger partial charge in [-0.2, -0.15) is 5.10 Å². The van der Waals surface area contributed by atoms with Gasteiger partial charge in [-0.1, -0.05) is 0 Å². The average Bonchev–Trinajstić information content (AvgIpc) is 3.49. The smallest absolute Gasteiger partial charge is 0.270 e. The number of carbonyl (C=O) groups is 1. The maximum Gasteiger partial charge on any atom is 0.270 e. The van der Waals surface area contributed by atoms with Crippen LogP contribution in [0.2, 0.25) is 0 Å². The van der Waals surface area contributed by atoms with Crippen molar-refractivity contribution < 1.29 is 19.2 Å². The molecule has 1 aromatic heterocycles. The number of likely N-dealkylation sites (tertiary alicyclic amines) is 1. The molecule has 7 nitrogen and oxygen atoms in total. The molecule has 31 heavy (non-hydrogen) atoms. The summed E-state index contributed by atoms with van der Waals surface area (Å²) in [7, 11) is 3.27. The van der Waals surface area contributed by atoms with E-state index in [1.165, 1.54) is 25.9 Å². The minimum Gasteiger partial charge on any atom is -0.497 e. The molecule has 0 radical (unpaired) electrons. The molecule has 0 aliphatic carbocycles. The molecule has 0 unspecified atom stereocenters. The van der Waals surface area contributed by atoms with Crippen LogP contribution < -0.4 is 19.7 Å². The monoisotopic (exact) mass is 421 g/mol. The van der Waals surface area contributed by atoms with Crippen LogP contribution in [0.1, 0.15) is 23.3 Å². The number of hydrogen-bond donors (Lipinski definition) is 2. The minimum atomic E-state index is -0.123. The number of nitrogens with zero attached hydrogens (tertiary/aromatic N) is 2. The van der Waals surface area contributed by atoms with Crippen LogP contribution >= 0.6 is 0 Å². The first kappa shape index (κ1) is 20.9. The number of aromatic nitrogens is 2. The van der Waals surface area contributed by atoms with Crippen molar-refractivity contribution in [3.63, 3.8) is 0 Å². The Labute approximate surface area is 182 Å². The zero-order chi connectivity index (χ0) is 21.6. The molecule has 1 amide bonds. The lowest BCUT2D eigenvalue weighted by Gasteiger charge is -2.13. The Hall–Kier alpha value is -3.32. The molecule has 0 atom stereocenters. The van der Waals surface area contributed by atoms with Crippen molar-refractivity contribution in [2.24, 2.45) is 0 Å². The van der Waals surface area contributed by atoms with Gasteiger partial charge in [0.1, 0.15) is 17.2 Å². The molecule has 2 aromatic carbocycles. The molecule has 2 N–H and O–H groups in total. The lowest BCUT2D eigenvalue weighted by atomic mass is 10.1. The van der Waals surface area contributed by atoms with Crippen LogP contribution in [0, 0.1) is 0 Å². The van der Waals surface area contributed by atoms with Gasteiger partial charge in [0.25, 0.3) is 5.91 Å². The number of methoxy groups -OCH3 is 2. The number of ether oxygens (including phenoxy) is 2. The highest BCUT2D eigenvalue weighted by atomic mass is 16.5. The van der Waals surface area contributed by atoms with Crippen LogP contribution in [0.3, 0.4) is 0 Å². The normalized spacial score (nSPS) is 13.9. The van der Waals surface area contributed by atoms with Gasteiger partial charge in [-0.3, -0.25) is 4.79 Å². The Balaban J connectivity index is 1.60. The minimum absolute atomic E-state index is 0.123. The summed E-state index contributed by atoms with van der Waals surface area (Å²) < 4.78 is 12.2. The van der Waals surface area contributed by atoms with Gasteiger partial charge in [0.2, 0.25) is 0 Å². The van der Waals surface area contributed by atoms with Gasteiger partial charge in [-0.05, 0) is 54.6 Å². The van der Waals surface area contributed by atoms with Crippen LogP contribution in [0.5, 0.6) is 11.5 Å². The average molecular weight is 422 g/mol. The topological polar surface area (TPSA) is 69.8 Å². The Morgan fingerprint density at radius 1 is 1.00 bits per heavy atom. The number of nitrogens with one attached hydrogen (secondary N) is 2. The van der Waals surface area contributed by atoms with E-state index in [4.69, 9.17) is 14.6 Å². The highest BCUT2D eigenvalue weighted by Crippen LogP contribution is 2.25. The maximum atomic E-state index is 13.1.